The SMILES string of the molecule is Cc1cc(C)nc(NS(=O)(=O)c2ccc(CN)s2)c1. The molecule has 0 saturated heterocycles. The molecule has 7 heteroatoms. The Kier molecular flexibility index (Phi) is 3.88. The number of hydrogen-bond acceptors (Lipinski definition) is 5. The third-order valence-corrected chi connectivity index (χ3v) is 5.39. The lowest BCUT2D eigenvalue weighted by molar-refractivity contribution is 0.603. The fourth-order valence-corrected chi connectivity index (χ4v) is 3.92. The van der Waals surface area contributed by atoms with Gasteiger partial charge in [0.2, 0.25) is 0 Å². The van der Waals surface area contributed by atoms with E-state index in [1.807, 2.05) is 19.9 Å². The number of nitrogens with two attached hydrogens (primary N) is 1. The average molecular weight is 297 g/mol. The molecule has 0 unspecified atom stereocenters. The van der Waals surface area contributed by atoms with Crippen molar-refractivity contribution in [3.63, 3.8) is 0 Å². The Morgan fingerprint density at radius 3 is 2.63 bits per heavy atom. The summed E-state index contributed by atoms with van der Waals surface area (Å²) in [6.07, 6.45) is 0. The monoisotopic (exact) mass is 297 g/mol. The zero-order chi connectivity index (χ0) is 14.0. The first kappa shape index (κ1) is 14.0. The topological polar surface area (TPSA) is 85.1 Å². The molecule has 2 heterocycles. The molecule has 0 aliphatic heterocycles. The minimum atomic E-state index is -3.59. The predicted molar refractivity (Wildman–Crippen MR) is 76.7 cm³/mol. The maximum atomic E-state index is 12.2. The van der Waals surface area contributed by atoms with Crippen LogP contribution in [-0.2, 0) is 16.6 Å². The minimum Gasteiger partial charge on any atom is -0.326 e. The molecule has 0 aromatic carbocycles. The molecule has 2 aromatic heterocycles. The van der Waals surface area contributed by atoms with Gasteiger partial charge < -0.3 is 5.73 Å². The first-order valence-corrected chi connectivity index (χ1v) is 7.97. The van der Waals surface area contributed by atoms with Gasteiger partial charge in [0.1, 0.15) is 10.0 Å². The first-order chi connectivity index (χ1) is 8.90. The van der Waals surface area contributed by atoms with Gasteiger partial charge in [0.15, 0.2) is 0 Å². The zero-order valence-electron chi connectivity index (χ0n) is 10.7. The molecule has 0 amide bonds. The Morgan fingerprint density at radius 2 is 2.05 bits per heavy atom. The summed E-state index contributed by atoms with van der Waals surface area (Å²) in [5, 5.41) is 0. The van der Waals surface area contributed by atoms with Gasteiger partial charge in [-0.1, -0.05) is 0 Å². The molecule has 3 N–H and O–H groups in total. The number of nitrogens with zero attached hydrogens (tertiary/aromatic N) is 1. The second-order valence-electron chi connectivity index (χ2n) is 4.20. The number of thiophene rings is 1. The average Bonchev–Trinajstić information content (AvgIpc) is 2.75. The number of nitrogens with one attached hydrogen (secondary N) is 1. The fourth-order valence-electron chi connectivity index (χ4n) is 1.69. The summed E-state index contributed by atoms with van der Waals surface area (Å²) in [5.74, 6) is 0.334. The summed E-state index contributed by atoms with van der Waals surface area (Å²) in [7, 11) is -3.59. The van der Waals surface area contributed by atoms with E-state index in [1.54, 1.807) is 18.2 Å². The van der Waals surface area contributed by atoms with Crippen LogP contribution in [0.25, 0.3) is 0 Å². The maximum absolute atomic E-state index is 12.2. The van der Waals surface area contributed by atoms with Crippen LogP contribution in [0.4, 0.5) is 5.82 Å². The molecule has 0 radical (unpaired) electrons. The summed E-state index contributed by atoms with van der Waals surface area (Å²) in [5.41, 5.74) is 7.21. The van der Waals surface area contributed by atoms with E-state index >= 15 is 0 Å². The minimum absolute atomic E-state index is 0.244. The normalized spacial score (nSPS) is 11.5. The van der Waals surface area contributed by atoms with Crippen molar-refractivity contribution >= 4 is 27.2 Å². The van der Waals surface area contributed by atoms with Crippen LogP contribution < -0.4 is 10.5 Å². The Balaban J connectivity index is 2.30. The highest BCUT2D eigenvalue weighted by Gasteiger charge is 2.17. The second kappa shape index (κ2) is 5.28. The van der Waals surface area contributed by atoms with Crippen LogP contribution in [0.2, 0.25) is 0 Å². The van der Waals surface area contributed by atoms with E-state index in [0.29, 0.717) is 12.4 Å². The molecule has 0 bridgehead atoms. The smallest absolute Gasteiger partial charge is 0.272 e. The van der Waals surface area contributed by atoms with E-state index < -0.39 is 10.0 Å². The molecular weight excluding hydrogens is 282 g/mol. The Hall–Kier alpha value is -1.44. The predicted octanol–water partition coefficient (Wildman–Crippen LogP) is 2.02. The molecule has 0 atom stereocenters. The van der Waals surface area contributed by atoms with Crippen LogP contribution in [-0.4, -0.2) is 13.4 Å². The third kappa shape index (κ3) is 3.31. The fraction of sp³-hybridized carbons (Fsp3) is 0.250. The number of aryl methyl sites for hydroxylation is 2. The third-order valence-electron chi connectivity index (χ3n) is 2.44. The molecular formula is C12H15N3O2S2. The van der Waals surface area contributed by atoms with Gasteiger partial charge in [0.25, 0.3) is 10.0 Å². The molecule has 5 nitrogen and oxygen atoms in total. The van der Waals surface area contributed by atoms with Gasteiger partial charge in [0, 0.05) is 17.1 Å². The van der Waals surface area contributed by atoms with Crippen molar-refractivity contribution < 1.29 is 8.42 Å². The lowest BCUT2D eigenvalue weighted by atomic mass is 10.2. The van der Waals surface area contributed by atoms with E-state index in [9.17, 15) is 8.42 Å². The van der Waals surface area contributed by atoms with E-state index in [-0.39, 0.29) is 4.21 Å². The molecule has 0 saturated carbocycles. The van der Waals surface area contributed by atoms with Gasteiger partial charge in [-0.25, -0.2) is 13.4 Å². The van der Waals surface area contributed by atoms with Crippen LogP contribution >= 0.6 is 11.3 Å². The van der Waals surface area contributed by atoms with Crippen molar-refractivity contribution in [3.05, 3.63) is 40.4 Å². The maximum Gasteiger partial charge on any atom is 0.272 e. The lowest BCUT2D eigenvalue weighted by Crippen LogP contribution is -2.13. The molecule has 0 spiro atoms. The summed E-state index contributed by atoms with van der Waals surface area (Å²) in [4.78, 5) is 4.99. The number of sulfonamides is 1. The number of aromatic nitrogens is 1. The van der Waals surface area contributed by atoms with Gasteiger partial charge >= 0.3 is 0 Å². The van der Waals surface area contributed by atoms with Crippen molar-refractivity contribution in [2.24, 2.45) is 5.73 Å². The molecule has 0 aliphatic carbocycles. The van der Waals surface area contributed by atoms with Crippen LogP contribution in [0.5, 0.6) is 0 Å². The number of anilines is 1. The standard InChI is InChI=1S/C12H15N3O2S2/c1-8-5-9(2)14-11(6-8)15-19(16,17)12-4-3-10(7-13)18-12/h3-6H,7,13H2,1-2H3,(H,14,15). The summed E-state index contributed by atoms with van der Waals surface area (Å²) < 4.78 is 27.1. The summed E-state index contributed by atoms with van der Waals surface area (Å²) >= 11 is 1.16. The second-order valence-corrected chi connectivity index (χ2v) is 7.28. The summed E-state index contributed by atoms with van der Waals surface area (Å²) in [6.45, 7) is 4.05. The Labute approximate surface area is 116 Å². The number of rotatable bonds is 4. The highest BCUT2D eigenvalue weighted by Crippen LogP contribution is 2.23. The van der Waals surface area contributed by atoms with Crippen molar-refractivity contribution in [1.29, 1.82) is 0 Å². The van der Waals surface area contributed by atoms with Gasteiger partial charge in [-0.05, 0) is 43.7 Å². The van der Waals surface area contributed by atoms with Crippen LogP contribution in [0.1, 0.15) is 16.1 Å². The van der Waals surface area contributed by atoms with Crippen molar-refractivity contribution in [3.8, 4) is 0 Å². The van der Waals surface area contributed by atoms with E-state index in [1.165, 1.54) is 0 Å². The van der Waals surface area contributed by atoms with E-state index in [0.717, 1.165) is 27.5 Å². The van der Waals surface area contributed by atoms with Crippen LogP contribution in [0, 0.1) is 13.8 Å². The molecule has 2 rings (SSSR count). The largest absolute Gasteiger partial charge is 0.326 e. The van der Waals surface area contributed by atoms with Crippen molar-refractivity contribution in [1.82, 2.24) is 4.98 Å². The van der Waals surface area contributed by atoms with Gasteiger partial charge in [0.05, 0.1) is 0 Å². The van der Waals surface area contributed by atoms with Gasteiger partial charge in [-0.2, -0.15) is 0 Å². The van der Waals surface area contributed by atoms with E-state index in [2.05, 4.69) is 9.71 Å². The highest BCUT2D eigenvalue weighted by atomic mass is 32.2. The van der Waals surface area contributed by atoms with Crippen LogP contribution in [0.3, 0.4) is 0 Å². The molecule has 102 valence electrons. The molecule has 2 aromatic rings. The molecule has 0 fully saturated rings. The zero-order valence-corrected chi connectivity index (χ0v) is 12.3. The quantitative estimate of drug-likeness (QED) is 0.904. The van der Waals surface area contributed by atoms with Gasteiger partial charge in [-0.15, -0.1) is 11.3 Å². The molecule has 19 heavy (non-hydrogen) atoms. The van der Waals surface area contributed by atoms with E-state index in [4.69, 9.17) is 5.73 Å². The number of pyridine rings is 1. The molecule has 0 aliphatic rings. The van der Waals surface area contributed by atoms with Crippen molar-refractivity contribution in [2.45, 2.75) is 24.6 Å². The first-order valence-electron chi connectivity index (χ1n) is 5.67. The summed E-state index contributed by atoms with van der Waals surface area (Å²) in [6, 6.07) is 6.85. The number of hydrogen-bond donors (Lipinski definition) is 2. The van der Waals surface area contributed by atoms with Crippen molar-refractivity contribution in [2.75, 3.05) is 4.72 Å². The highest BCUT2D eigenvalue weighted by molar-refractivity contribution is 7.94. The van der Waals surface area contributed by atoms with Gasteiger partial charge in [-0.3, -0.25) is 4.72 Å². The van der Waals surface area contributed by atoms with Crippen LogP contribution in [0.15, 0.2) is 28.5 Å². The Morgan fingerprint density at radius 1 is 1.32 bits per heavy atom. The Bertz CT molecular complexity index is 673. The lowest BCUT2D eigenvalue weighted by Gasteiger charge is -2.07.